The predicted molar refractivity (Wildman–Crippen MR) is 75.4 cm³/mol. The molecule has 0 bridgehead atoms. The molecule has 18 heavy (non-hydrogen) atoms. The van der Waals surface area contributed by atoms with E-state index in [9.17, 15) is 0 Å². The molecule has 0 saturated heterocycles. The maximum Gasteiger partial charge on any atom is 0.201 e. The van der Waals surface area contributed by atoms with Crippen molar-refractivity contribution < 1.29 is 0 Å². The Balaban J connectivity index is 2.06. The quantitative estimate of drug-likeness (QED) is 0.898. The van der Waals surface area contributed by atoms with Crippen molar-refractivity contribution in [1.82, 2.24) is 9.55 Å². The summed E-state index contributed by atoms with van der Waals surface area (Å²) < 4.78 is 2.20. The van der Waals surface area contributed by atoms with Crippen LogP contribution >= 0.6 is 0 Å². The molecule has 3 nitrogen and oxygen atoms in total. The van der Waals surface area contributed by atoms with Gasteiger partial charge in [-0.25, -0.2) is 4.98 Å². The molecule has 1 aliphatic carbocycles. The summed E-state index contributed by atoms with van der Waals surface area (Å²) in [7, 11) is 0. The number of hydrogen-bond donors (Lipinski definition) is 1. The van der Waals surface area contributed by atoms with Gasteiger partial charge < -0.3 is 10.3 Å². The van der Waals surface area contributed by atoms with Gasteiger partial charge in [-0.2, -0.15) is 0 Å². The Hall–Kier alpha value is -1.51. The van der Waals surface area contributed by atoms with Gasteiger partial charge in [0, 0.05) is 6.54 Å². The van der Waals surface area contributed by atoms with Crippen LogP contribution in [0.15, 0.2) is 18.2 Å². The van der Waals surface area contributed by atoms with Crippen LogP contribution in [0.2, 0.25) is 0 Å². The van der Waals surface area contributed by atoms with E-state index in [1.807, 2.05) is 0 Å². The lowest BCUT2D eigenvalue weighted by Crippen LogP contribution is -2.18. The molecule has 0 aliphatic heterocycles. The molecular weight excluding hydrogens is 222 g/mol. The molecule has 1 fully saturated rings. The number of aryl methyl sites for hydroxylation is 1. The van der Waals surface area contributed by atoms with Gasteiger partial charge >= 0.3 is 0 Å². The molecule has 2 aromatic rings. The average Bonchev–Trinajstić information content (AvgIpc) is 3.03. The largest absolute Gasteiger partial charge is 0.369 e. The second-order valence-electron chi connectivity index (χ2n) is 6.07. The zero-order valence-electron chi connectivity index (χ0n) is 11.4. The summed E-state index contributed by atoms with van der Waals surface area (Å²) in [6.45, 7) is 7.75. The van der Waals surface area contributed by atoms with E-state index in [0.717, 1.165) is 12.1 Å². The van der Waals surface area contributed by atoms with Crippen LogP contribution in [-0.4, -0.2) is 9.55 Å². The van der Waals surface area contributed by atoms with Gasteiger partial charge in [0.25, 0.3) is 0 Å². The Morgan fingerprint density at radius 2 is 2.11 bits per heavy atom. The van der Waals surface area contributed by atoms with Crippen molar-refractivity contribution in [3.8, 4) is 0 Å². The van der Waals surface area contributed by atoms with Crippen molar-refractivity contribution in [1.29, 1.82) is 0 Å². The molecule has 96 valence electrons. The van der Waals surface area contributed by atoms with Gasteiger partial charge in [-0.15, -0.1) is 0 Å². The van der Waals surface area contributed by atoms with Crippen LogP contribution in [0.1, 0.15) is 32.3 Å². The minimum atomic E-state index is 0.450. The minimum absolute atomic E-state index is 0.450. The lowest BCUT2D eigenvalue weighted by Gasteiger charge is -2.21. The normalized spacial score (nSPS) is 17.6. The van der Waals surface area contributed by atoms with Crippen molar-refractivity contribution >= 4 is 17.0 Å². The number of imidazole rings is 1. The smallest absolute Gasteiger partial charge is 0.201 e. The summed E-state index contributed by atoms with van der Waals surface area (Å²) in [6.07, 6.45) is 2.63. The molecule has 0 atom stereocenters. The number of aromatic nitrogens is 2. The fraction of sp³-hybridized carbons (Fsp3) is 0.533. The van der Waals surface area contributed by atoms with Crippen LogP contribution in [0.5, 0.6) is 0 Å². The van der Waals surface area contributed by atoms with Gasteiger partial charge in [-0.3, -0.25) is 0 Å². The van der Waals surface area contributed by atoms with E-state index < -0.39 is 0 Å². The summed E-state index contributed by atoms with van der Waals surface area (Å²) in [4.78, 5) is 4.47. The van der Waals surface area contributed by atoms with Crippen LogP contribution in [0.25, 0.3) is 11.0 Å². The summed E-state index contributed by atoms with van der Waals surface area (Å²) in [6, 6.07) is 6.34. The Kier molecular flexibility index (Phi) is 2.40. The third-order valence-corrected chi connectivity index (χ3v) is 4.52. The van der Waals surface area contributed by atoms with E-state index in [4.69, 9.17) is 5.73 Å². The maximum atomic E-state index is 6.09. The van der Waals surface area contributed by atoms with Gasteiger partial charge in [0.05, 0.1) is 11.0 Å². The monoisotopic (exact) mass is 243 g/mol. The molecule has 1 saturated carbocycles. The summed E-state index contributed by atoms with van der Waals surface area (Å²) in [5, 5.41) is 0. The summed E-state index contributed by atoms with van der Waals surface area (Å²) >= 11 is 0. The Morgan fingerprint density at radius 3 is 2.72 bits per heavy atom. The maximum absolute atomic E-state index is 6.09. The van der Waals surface area contributed by atoms with E-state index in [1.54, 1.807) is 0 Å². The highest BCUT2D eigenvalue weighted by Crippen LogP contribution is 2.53. The lowest BCUT2D eigenvalue weighted by atomic mass is 9.92. The van der Waals surface area contributed by atoms with Crippen molar-refractivity contribution in [2.45, 2.75) is 40.2 Å². The number of benzene rings is 1. The number of nitrogens with zero attached hydrogens (tertiary/aromatic N) is 2. The van der Waals surface area contributed by atoms with Gasteiger partial charge in [-0.1, -0.05) is 19.9 Å². The molecule has 0 radical (unpaired) electrons. The number of hydrogen-bond acceptors (Lipinski definition) is 2. The molecule has 0 amide bonds. The van der Waals surface area contributed by atoms with Crippen LogP contribution in [0.4, 0.5) is 5.95 Å². The Labute approximate surface area is 108 Å². The number of rotatable bonds is 3. The van der Waals surface area contributed by atoms with E-state index in [1.165, 1.54) is 23.9 Å². The molecule has 3 rings (SSSR count). The second kappa shape index (κ2) is 3.74. The highest BCUT2D eigenvalue weighted by Gasteiger charge is 2.45. The molecule has 1 aliphatic rings. The molecule has 3 heteroatoms. The topological polar surface area (TPSA) is 43.8 Å². The average molecular weight is 243 g/mol. The third kappa shape index (κ3) is 1.69. The van der Waals surface area contributed by atoms with Crippen molar-refractivity contribution in [3.63, 3.8) is 0 Å². The molecule has 2 N–H and O–H groups in total. The van der Waals surface area contributed by atoms with Crippen LogP contribution in [-0.2, 0) is 6.54 Å². The summed E-state index contributed by atoms with van der Waals surface area (Å²) in [5.41, 5.74) is 9.99. The fourth-order valence-corrected chi connectivity index (χ4v) is 2.81. The van der Waals surface area contributed by atoms with E-state index in [2.05, 4.69) is 48.5 Å². The number of nitrogen functional groups attached to an aromatic ring is 1. The van der Waals surface area contributed by atoms with Gasteiger partial charge in [0.15, 0.2) is 0 Å². The molecule has 0 spiro atoms. The predicted octanol–water partition coefficient (Wildman–Crippen LogP) is 3.36. The van der Waals surface area contributed by atoms with Gasteiger partial charge in [0.2, 0.25) is 5.95 Å². The third-order valence-electron chi connectivity index (χ3n) is 4.52. The Bertz CT molecular complexity index is 591. The van der Waals surface area contributed by atoms with Crippen LogP contribution in [0, 0.1) is 18.3 Å². The lowest BCUT2D eigenvalue weighted by molar-refractivity contribution is 0.314. The van der Waals surface area contributed by atoms with E-state index in [0.29, 0.717) is 17.3 Å². The molecule has 0 unspecified atom stereocenters. The molecule has 1 aromatic heterocycles. The van der Waals surface area contributed by atoms with E-state index >= 15 is 0 Å². The van der Waals surface area contributed by atoms with Crippen molar-refractivity contribution in [2.24, 2.45) is 11.3 Å². The first-order chi connectivity index (χ1) is 8.52. The van der Waals surface area contributed by atoms with Gasteiger partial charge in [-0.05, 0) is 48.8 Å². The van der Waals surface area contributed by atoms with Crippen LogP contribution in [0.3, 0.4) is 0 Å². The molecule has 1 aromatic carbocycles. The number of nitrogens with two attached hydrogens (primary N) is 1. The van der Waals surface area contributed by atoms with Gasteiger partial charge in [0.1, 0.15) is 0 Å². The minimum Gasteiger partial charge on any atom is -0.369 e. The standard InChI is InChI=1S/C15H21N3/c1-10(2)15(6-7-15)9-18-13-8-11(3)4-5-12(13)17-14(18)16/h4-5,8,10H,6-7,9H2,1-3H3,(H2,16,17). The first kappa shape index (κ1) is 11.6. The Morgan fingerprint density at radius 1 is 1.39 bits per heavy atom. The fourth-order valence-electron chi connectivity index (χ4n) is 2.81. The SMILES string of the molecule is Cc1ccc2nc(N)n(CC3(C(C)C)CC3)c2c1. The molecule has 1 heterocycles. The zero-order valence-corrected chi connectivity index (χ0v) is 11.4. The first-order valence-corrected chi connectivity index (χ1v) is 6.74. The summed E-state index contributed by atoms with van der Waals surface area (Å²) in [5.74, 6) is 1.36. The van der Waals surface area contributed by atoms with Crippen molar-refractivity contribution in [2.75, 3.05) is 5.73 Å². The highest BCUT2D eigenvalue weighted by molar-refractivity contribution is 5.79. The van der Waals surface area contributed by atoms with Crippen LogP contribution < -0.4 is 5.73 Å². The number of fused-ring (bicyclic) bond motifs is 1. The second-order valence-corrected chi connectivity index (χ2v) is 6.07. The van der Waals surface area contributed by atoms with Crippen molar-refractivity contribution in [3.05, 3.63) is 23.8 Å². The number of anilines is 1. The first-order valence-electron chi connectivity index (χ1n) is 6.74. The highest BCUT2D eigenvalue weighted by atomic mass is 15.2. The zero-order chi connectivity index (χ0) is 12.9. The molecular formula is C15H21N3. The van der Waals surface area contributed by atoms with E-state index in [-0.39, 0.29) is 0 Å².